The van der Waals surface area contributed by atoms with Gasteiger partial charge in [0.15, 0.2) is 0 Å². The van der Waals surface area contributed by atoms with Crippen LogP contribution in [0.15, 0.2) is 53.0 Å². The van der Waals surface area contributed by atoms with Crippen molar-refractivity contribution < 1.29 is 4.79 Å². The third-order valence-electron chi connectivity index (χ3n) is 3.07. The van der Waals surface area contributed by atoms with Crippen molar-refractivity contribution in [3.8, 4) is 0 Å². The van der Waals surface area contributed by atoms with Gasteiger partial charge in [-0.3, -0.25) is 4.79 Å². The first-order valence-electron chi connectivity index (χ1n) is 6.59. The summed E-state index contributed by atoms with van der Waals surface area (Å²) >= 11 is 9.36. The van der Waals surface area contributed by atoms with Crippen LogP contribution in [0.25, 0.3) is 0 Å². The molecule has 0 saturated carbocycles. The molecule has 0 aliphatic heterocycles. The number of amides is 1. The highest BCUT2D eigenvalue weighted by Gasteiger charge is 2.09. The fraction of sp³-hybridized carbons (Fsp3) is 0.188. The molecular formula is C16H16BrClN2O. The molecule has 110 valence electrons. The summed E-state index contributed by atoms with van der Waals surface area (Å²) in [6.07, 6.45) is 0. The van der Waals surface area contributed by atoms with Crippen LogP contribution in [-0.4, -0.2) is 12.5 Å². The van der Waals surface area contributed by atoms with E-state index in [9.17, 15) is 4.79 Å². The zero-order valence-electron chi connectivity index (χ0n) is 11.6. The lowest BCUT2D eigenvalue weighted by molar-refractivity contribution is -0.115. The SMILES string of the molecule is C[C@@H](NCC(=O)Nc1ccccc1Br)c1cccc(Cl)c1. The average Bonchev–Trinajstić information content (AvgIpc) is 2.47. The minimum atomic E-state index is -0.0872. The van der Waals surface area contributed by atoms with E-state index in [-0.39, 0.29) is 18.5 Å². The predicted octanol–water partition coefficient (Wildman–Crippen LogP) is 4.39. The van der Waals surface area contributed by atoms with Crippen LogP contribution in [0, 0.1) is 0 Å². The Morgan fingerprint density at radius 2 is 2.00 bits per heavy atom. The zero-order valence-corrected chi connectivity index (χ0v) is 13.9. The maximum absolute atomic E-state index is 11.9. The summed E-state index contributed by atoms with van der Waals surface area (Å²) in [6, 6.07) is 15.2. The minimum absolute atomic E-state index is 0.0497. The molecule has 3 nitrogen and oxygen atoms in total. The van der Waals surface area contributed by atoms with Gasteiger partial charge >= 0.3 is 0 Å². The van der Waals surface area contributed by atoms with Crippen LogP contribution in [0.3, 0.4) is 0 Å². The van der Waals surface area contributed by atoms with Gasteiger partial charge in [0.2, 0.25) is 5.91 Å². The number of anilines is 1. The van der Waals surface area contributed by atoms with Gasteiger partial charge in [-0.15, -0.1) is 0 Å². The Hall–Kier alpha value is -1.36. The summed E-state index contributed by atoms with van der Waals surface area (Å²) < 4.78 is 0.862. The maximum Gasteiger partial charge on any atom is 0.238 e. The Balaban J connectivity index is 1.88. The number of benzene rings is 2. The summed E-state index contributed by atoms with van der Waals surface area (Å²) in [7, 11) is 0. The quantitative estimate of drug-likeness (QED) is 0.823. The highest BCUT2D eigenvalue weighted by molar-refractivity contribution is 9.10. The maximum atomic E-state index is 11.9. The molecule has 2 rings (SSSR count). The van der Waals surface area contributed by atoms with Crippen molar-refractivity contribution in [1.82, 2.24) is 5.32 Å². The van der Waals surface area contributed by atoms with Crippen LogP contribution in [0.2, 0.25) is 5.02 Å². The lowest BCUT2D eigenvalue weighted by atomic mass is 10.1. The van der Waals surface area contributed by atoms with E-state index < -0.39 is 0 Å². The smallest absolute Gasteiger partial charge is 0.238 e. The molecule has 21 heavy (non-hydrogen) atoms. The van der Waals surface area contributed by atoms with Crippen LogP contribution < -0.4 is 10.6 Å². The largest absolute Gasteiger partial charge is 0.324 e. The van der Waals surface area contributed by atoms with Crippen molar-refractivity contribution in [2.45, 2.75) is 13.0 Å². The monoisotopic (exact) mass is 366 g/mol. The molecule has 0 radical (unpaired) electrons. The molecule has 0 aliphatic rings. The van der Waals surface area contributed by atoms with E-state index in [1.807, 2.05) is 55.5 Å². The molecule has 2 aromatic rings. The molecule has 0 bridgehead atoms. The Morgan fingerprint density at radius 3 is 2.71 bits per heavy atom. The average molecular weight is 368 g/mol. The second-order valence-corrected chi connectivity index (χ2v) is 5.98. The van der Waals surface area contributed by atoms with Crippen molar-refractivity contribution >= 4 is 39.1 Å². The van der Waals surface area contributed by atoms with Crippen molar-refractivity contribution in [2.24, 2.45) is 0 Å². The molecule has 0 saturated heterocycles. The van der Waals surface area contributed by atoms with E-state index >= 15 is 0 Å². The molecule has 2 N–H and O–H groups in total. The first-order chi connectivity index (χ1) is 10.1. The van der Waals surface area contributed by atoms with Gasteiger partial charge in [0, 0.05) is 15.5 Å². The fourth-order valence-corrected chi connectivity index (χ4v) is 2.48. The van der Waals surface area contributed by atoms with Crippen molar-refractivity contribution in [2.75, 3.05) is 11.9 Å². The molecule has 0 fully saturated rings. The highest BCUT2D eigenvalue weighted by atomic mass is 79.9. The molecule has 1 atom stereocenters. The van der Waals surface area contributed by atoms with E-state index in [1.54, 1.807) is 0 Å². The number of halogens is 2. The Bertz CT molecular complexity index is 633. The Morgan fingerprint density at radius 1 is 1.24 bits per heavy atom. The summed E-state index contributed by atoms with van der Waals surface area (Å²) in [4.78, 5) is 11.9. The second kappa shape index (κ2) is 7.59. The van der Waals surface area contributed by atoms with Gasteiger partial charge in [0.05, 0.1) is 12.2 Å². The molecule has 2 aromatic carbocycles. The molecule has 0 unspecified atom stereocenters. The summed E-state index contributed by atoms with van der Waals surface area (Å²) in [5.74, 6) is -0.0872. The first kappa shape index (κ1) is 16.0. The van der Waals surface area contributed by atoms with Crippen LogP contribution >= 0.6 is 27.5 Å². The number of carbonyl (C=O) groups excluding carboxylic acids is 1. The molecule has 5 heteroatoms. The summed E-state index contributed by atoms with van der Waals surface area (Å²) in [5, 5.41) is 6.73. The van der Waals surface area contributed by atoms with Gasteiger partial charge in [-0.25, -0.2) is 0 Å². The van der Waals surface area contributed by atoms with Crippen LogP contribution in [0.5, 0.6) is 0 Å². The van der Waals surface area contributed by atoms with Gasteiger partial charge in [0.25, 0.3) is 0 Å². The Labute approximate surface area is 137 Å². The van der Waals surface area contributed by atoms with Gasteiger partial charge in [0.1, 0.15) is 0 Å². The number of para-hydroxylation sites is 1. The normalized spacial score (nSPS) is 12.0. The standard InChI is InChI=1S/C16H16BrClN2O/c1-11(12-5-4-6-13(18)9-12)19-10-16(21)20-15-8-3-2-7-14(15)17/h2-9,11,19H,10H2,1H3,(H,20,21)/t11-/m1/s1. The minimum Gasteiger partial charge on any atom is -0.324 e. The van der Waals surface area contributed by atoms with Crippen molar-refractivity contribution in [1.29, 1.82) is 0 Å². The first-order valence-corrected chi connectivity index (χ1v) is 7.76. The van der Waals surface area contributed by atoms with Crippen molar-refractivity contribution in [3.63, 3.8) is 0 Å². The van der Waals surface area contributed by atoms with Gasteiger partial charge in [-0.1, -0.05) is 35.9 Å². The van der Waals surface area contributed by atoms with Crippen molar-refractivity contribution in [3.05, 3.63) is 63.6 Å². The van der Waals surface area contributed by atoms with E-state index in [0.29, 0.717) is 5.02 Å². The second-order valence-electron chi connectivity index (χ2n) is 4.69. The third kappa shape index (κ3) is 4.84. The molecule has 0 aliphatic carbocycles. The number of hydrogen-bond donors (Lipinski definition) is 2. The van der Waals surface area contributed by atoms with E-state index in [2.05, 4.69) is 26.6 Å². The number of nitrogens with one attached hydrogen (secondary N) is 2. The van der Waals surface area contributed by atoms with E-state index in [4.69, 9.17) is 11.6 Å². The lowest BCUT2D eigenvalue weighted by Gasteiger charge is -2.14. The van der Waals surface area contributed by atoms with Gasteiger partial charge in [-0.2, -0.15) is 0 Å². The van der Waals surface area contributed by atoms with Gasteiger partial charge < -0.3 is 10.6 Å². The molecule has 1 amide bonds. The topological polar surface area (TPSA) is 41.1 Å². The van der Waals surface area contributed by atoms with E-state index in [1.165, 1.54) is 0 Å². The van der Waals surface area contributed by atoms with Crippen LogP contribution in [-0.2, 0) is 4.79 Å². The number of hydrogen-bond acceptors (Lipinski definition) is 2. The third-order valence-corrected chi connectivity index (χ3v) is 3.99. The molecule has 0 heterocycles. The summed E-state index contributed by atoms with van der Waals surface area (Å²) in [5.41, 5.74) is 1.82. The fourth-order valence-electron chi connectivity index (χ4n) is 1.90. The molecule has 0 spiro atoms. The number of carbonyl (C=O) groups is 1. The van der Waals surface area contributed by atoms with Crippen LogP contribution in [0.1, 0.15) is 18.5 Å². The summed E-state index contributed by atoms with van der Waals surface area (Å²) in [6.45, 7) is 2.23. The lowest BCUT2D eigenvalue weighted by Crippen LogP contribution is -2.30. The predicted molar refractivity (Wildman–Crippen MR) is 90.6 cm³/mol. The number of rotatable bonds is 5. The van der Waals surface area contributed by atoms with E-state index in [0.717, 1.165) is 15.7 Å². The highest BCUT2D eigenvalue weighted by Crippen LogP contribution is 2.21. The van der Waals surface area contributed by atoms with Gasteiger partial charge in [-0.05, 0) is 52.7 Å². The molecule has 0 aromatic heterocycles. The van der Waals surface area contributed by atoms with Crippen LogP contribution in [0.4, 0.5) is 5.69 Å². The zero-order chi connectivity index (χ0) is 15.2. The Kier molecular flexibility index (Phi) is 5.79. The molecular weight excluding hydrogens is 352 g/mol.